The van der Waals surface area contributed by atoms with Crippen molar-refractivity contribution in [3.63, 3.8) is 0 Å². The molecule has 1 amide bonds. The molecule has 28 heavy (non-hydrogen) atoms. The quantitative estimate of drug-likeness (QED) is 0.468. The average Bonchev–Trinajstić information content (AvgIpc) is 3.42. The molecule has 9 heteroatoms. The van der Waals surface area contributed by atoms with E-state index in [1.54, 1.807) is 4.90 Å². The molecule has 2 aromatic heterocycles. The van der Waals surface area contributed by atoms with Crippen LogP contribution in [0.3, 0.4) is 0 Å². The Morgan fingerprint density at radius 3 is 2.82 bits per heavy atom. The predicted octanol–water partition coefficient (Wildman–Crippen LogP) is 3.02. The zero-order chi connectivity index (χ0) is 19.5. The molecule has 0 unspecified atom stereocenters. The van der Waals surface area contributed by atoms with Crippen LogP contribution >= 0.6 is 23.1 Å². The topological polar surface area (TPSA) is 85.5 Å². The van der Waals surface area contributed by atoms with Crippen LogP contribution in [0.15, 0.2) is 51.4 Å². The molecule has 0 N–H and O–H groups in total. The molecule has 7 nitrogen and oxygen atoms in total. The van der Waals surface area contributed by atoms with E-state index in [1.165, 1.54) is 18.4 Å². The SMILES string of the molecule is COC(=O)[C@@H]1Cc2ccccc2CN1C(=O)CSc1nnc(-c2cccs2)o1. The first-order valence-electron chi connectivity index (χ1n) is 8.60. The fourth-order valence-corrected chi connectivity index (χ4v) is 4.40. The molecule has 0 fully saturated rings. The van der Waals surface area contributed by atoms with E-state index in [1.807, 2.05) is 41.8 Å². The lowest BCUT2D eigenvalue weighted by molar-refractivity contribution is -0.153. The summed E-state index contributed by atoms with van der Waals surface area (Å²) >= 11 is 2.67. The lowest BCUT2D eigenvalue weighted by atomic mass is 9.94. The first-order chi connectivity index (χ1) is 13.7. The molecule has 0 aliphatic carbocycles. The van der Waals surface area contributed by atoms with Crippen LogP contribution in [0.5, 0.6) is 0 Å². The maximum absolute atomic E-state index is 12.9. The minimum absolute atomic E-state index is 0.0989. The van der Waals surface area contributed by atoms with Crippen molar-refractivity contribution in [3.8, 4) is 10.8 Å². The lowest BCUT2D eigenvalue weighted by Crippen LogP contribution is -2.49. The number of nitrogens with zero attached hydrogens (tertiary/aromatic N) is 3. The smallest absolute Gasteiger partial charge is 0.328 e. The van der Waals surface area contributed by atoms with Crippen LogP contribution in [0, 0.1) is 0 Å². The molecular weight excluding hydrogens is 398 g/mol. The van der Waals surface area contributed by atoms with Gasteiger partial charge in [0.15, 0.2) is 0 Å². The highest BCUT2D eigenvalue weighted by atomic mass is 32.2. The molecule has 3 heterocycles. The van der Waals surface area contributed by atoms with Crippen molar-refractivity contribution in [3.05, 3.63) is 52.9 Å². The number of thiophene rings is 1. The van der Waals surface area contributed by atoms with Crippen molar-refractivity contribution in [2.75, 3.05) is 12.9 Å². The van der Waals surface area contributed by atoms with Gasteiger partial charge in [0.1, 0.15) is 6.04 Å². The van der Waals surface area contributed by atoms with Crippen LogP contribution in [0.4, 0.5) is 0 Å². The molecule has 0 saturated carbocycles. The van der Waals surface area contributed by atoms with Gasteiger partial charge in [0.2, 0.25) is 5.91 Å². The van der Waals surface area contributed by atoms with Gasteiger partial charge in [-0.2, -0.15) is 0 Å². The van der Waals surface area contributed by atoms with E-state index >= 15 is 0 Å². The van der Waals surface area contributed by atoms with Crippen molar-refractivity contribution >= 4 is 35.0 Å². The second-order valence-electron chi connectivity index (χ2n) is 6.17. The second-order valence-corrected chi connectivity index (χ2v) is 8.05. The Bertz CT molecular complexity index is 987. The molecule has 1 aliphatic rings. The van der Waals surface area contributed by atoms with E-state index in [-0.39, 0.29) is 11.7 Å². The summed E-state index contributed by atoms with van der Waals surface area (Å²) in [4.78, 5) is 27.5. The number of amides is 1. The third-order valence-corrected chi connectivity index (χ3v) is 6.16. The minimum atomic E-state index is -0.627. The number of hydrogen-bond donors (Lipinski definition) is 0. The number of benzene rings is 1. The fourth-order valence-electron chi connectivity index (χ4n) is 3.11. The number of rotatable bonds is 5. The largest absolute Gasteiger partial charge is 0.467 e. The third-order valence-electron chi connectivity index (χ3n) is 4.50. The Hall–Kier alpha value is -2.65. The van der Waals surface area contributed by atoms with Gasteiger partial charge in [-0.15, -0.1) is 21.5 Å². The second kappa shape index (κ2) is 8.15. The number of carbonyl (C=O) groups excluding carboxylic acids is 2. The van der Waals surface area contributed by atoms with Gasteiger partial charge < -0.3 is 14.1 Å². The number of thioether (sulfide) groups is 1. The van der Waals surface area contributed by atoms with Crippen molar-refractivity contribution in [1.29, 1.82) is 0 Å². The minimum Gasteiger partial charge on any atom is -0.467 e. The Labute approximate surface area is 169 Å². The van der Waals surface area contributed by atoms with Gasteiger partial charge in [0, 0.05) is 13.0 Å². The Morgan fingerprint density at radius 1 is 1.25 bits per heavy atom. The molecule has 3 aromatic rings. The zero-order valence-corrected chi connectivity index (χ0v) is 16.7. The van der Waals surface area contributed by atoms with E-state index in [2.05, 4.69) is 10.2 Å². The molecular formula is C19H17N3O4S2. The van der Waals surface area contributed by atoms with Crippen molar-refractivity contribution in [1.82, 2.24) is 15.1 Å². The summed E-state index contributed by atoms with van der Waals surface area (Å²) in [7, 11) is 1.34. The van der Waals surface area contributed by atoms with Crippen LogP contribution in [0.1, 0.15) is 11.1 Å². The number of fused-ring (bicyclic) bond motifs is 1. The van der Waals surface area contributed by atoms with Crippen LogP contribution in [-0.2, 0) is 27.3 Å². The van der Waals surface area contributed by atoms with Crippen molar-refractivity contribution in [2.45, 2.75) is 24.2 Å². The van der Waals surface area contributed by atoms with Crippen molar-refractivity contribution < 1.29 is 18.7 Å². The third kappa shape index (κ3) is 3.81. The van der Waals surface area contributed by atoms with E-state index in [4.69, 9.17) is 9.15 Å². The Balaban J connectivity index is 1.46. The van der Waals surface area contributed by atoms with Gasteiger partial charge in [-0.3, -0.25) is 4.79 Å². The van der Waals surface area contributed by atoms with Crippen LogP contribution in [-0.4, -0.2) is 45.9 Å². The van der Waals surface area contributed by atoms with E-state index in [0.29, 0.717) is 24.1 Å². The van der Waals surface area contributed by atoms with Gasteiger partial charge in [0.05, 0.1) is 17.7 Å². The first-order valence-corrected chi connectivity index (χ1v) is 10.5. The maximum atomic E-state index is 12.9. The number of aromatic nitrogens is 2. The van der Waals surface area contributed by atoms with Gasteiger partial charge in [-0.1, -0.05) is 42.1 Å². The fraction of sp³-hybridized carbons (Fsp3) is 0.263. The van der Waals surface area contributed by atoms with Crippen LogP contribution in [0.2, 0.25) is 0 Å². The van der Waals surface area contributed by atoms with Crippen molar-refractivity contribution in [2.24, 2.45) is 0 Å². The standard InChI is InChI=1S/C19H17N3O4S2/c1-25-18(24)14-9-12-5-2-3-6-13(12)10-22(14)16(23)11-28-19-21-20-17(26-19)15-7-4-8-27-15/h2-8,14H,9-11H2,1H3/t14-/m0/s1. The van der Waals surface area contributed by atoms with E-state index in [0.717, 1.165) is 27.8 Å². The number of hydrogen-bond acceptors (Lipinski definition) is 8. The number of esters is 1. The van der Waals surface area contributed by atoms with Gasteiger partial charge in [0.25, 0.3) is 11.1 Å². The summed E-state index contributed by atoms with van der Waals surface area (Å²) in [6, 6.07) is 11.0. The van der Waals surface area contributed by atoms with E-state index < -0.39 is 12.0 Å². The molecule has 0 bridgehead atoms. The molecule has 0 spiro atoms. The normalized spacial score (nSPS) is 15.9. The molecule has 1 atom stereocenters. The molecule has 144 valence electrons. The summed E-state index contributed by atoms with van der Waals surface area (Å²) in [6.45, 7) is 0.375. The lowest BCUT2D eigenvalue weighted by Gasteiger charge is -2.35. The molecule has 1 aromatic carbocycles. The highest BCUT2D eigenvalue weighted by Gasteiger charge is 2.35. The highest BCUT2D eigenvalue weighted by molar-refractivity contribution is 7.99. The number of carbonyl (C=O) groups is 2. The molecule has 1 aliphatic heterocycles. The summed E-state index contributed by atoms with van der Waals surface area (Å²) in [5.74, 6) is -0.0532. The zero-order valence-electron chi connectivity index (χ0n) is 15.0. The average molecular weight is 415 g/mol. The molecule has 0 radical (unpaired) electrons. The highest BCUT2D eigenvalue weighted by Crippen LogP contribution is 2.28. The van der Waals surface area contributed by atoms with Gasteiger partial charge >= 0.3 is 5.97 Å². The first kappa shape index (κ1) is 18.7. The van der Waals surface area contributed by atoms with E-state index in [9.17, 15) is 9.59 Å². The summed E-state index contributed by atoms with van der Waals surface area (Å²) in [5, 5.41) is 10.2. The predicted molar refractivity (Wildman–Crippen MR) is 105 cm³/mol. The number of methoxy groups -OCH3 is 1. The Morgan fingerprint density at radius 2 is 2.07 bits per heavy atom. The molecule has 0 saturated heterocycles. The van der Waals surface area contributed by atoms with Gasteiger partial charge in [-0.25, -0.2) is 4.79 Å². The number of ether oxygens (including phenoxy) is 1. The molecule has 4 rings (SSSR count). The van der Waals surface area contributed by atoms with Crippen LogP contribution in [0.25, 0.3) is 10.8 Å². The Kier molecular flexibility index (Phi) is 5.45. The maximum Gasteiger partial charge on any atom is 0.328 e. The van der Waals surface area contributed by atoms with Crippen LogP contribution < -0.4 is 0 Å². The van der Waals surface area contributed by atoms with Gasteiger partial charge in [-0.05, 0) is 22.6 Å². The summed E-state index contributed by atoms with van der Waals surface area (Å²) in [6.07, 6.45) is 0.447. The monoisotopic (exact) mass is 415 g/mol. The summed E-state index contributed by atoms with van der Waals surface area (Å²) in [5.41, 5.74) is 2.10. The summed E-state index contributed by atoms with van der Waals surface area (Å²) < 4.78 is 10.5.